The maximum atomic E-state index is 12.8. The molecule has 3 heterocycles. The summed E-state index contributed by atoms with van der Waals surface area (Å²) >= 11 is 13.6. The molecule has 4 aromatic rings. The third-order valence-corrected chi connectivity index (χ3v) is 7.50. The predicted molar refractivity (Wildman–Crippen MR) is 153 cm³/mol. The van der Waals surface area contributed by atoms with Crippen LogP contribution in [-0.4, -0.2) is 62.0 Å². The van der Waals surface area contributed by atoms with Gasteiger partial charge in [-0.15, -0.1) is 0 Å². The van der Waals surface area contributed by atoms with Gasteiger partial charge in [0.05, 0.1) is 40.8 Å². The number of aliphatic hydroxyl groups excluding tert-OH is 1. The summed E-state index contributed by atoms with van der Waals surface area (Å²) in [7, 11) is 3.00. The van der Waals surface area contributed by atoms with Gasteiger partial charge in [0.1, 0.15) is 11.3 Å². The number of β-amino-alcohol motifs (C(OH)–C–C–N with tert-alkyl or cyclic N) is 1. The summed E-state index contributed by atoms with van der Waals surface area (Å²) in [4.78, 5) is 36.5. The van der Waals surface area contributed by atoms with Gasteiger partial charge >= 0.3 is 0 Å². The van der Waals surface area contributed by atoms with Gasteiger partial charge in [0.2, 0.25) is 5.88 Å². The molecule has 1 aliphatic rings. The number of carbonyl (C=O) groups excluding carboxylic acids is 1. The summed E-state index contributed by atoms with van der Waals surface area (Å²) in [6.07, 6.45) is 3.41. The Morgan fingerprint density at radius 2 is 1.85 bits per heavy atom. The number of methoxy groups -OCH3 is 1. The van der Waals surface area contributed by atoms with E-state index in [9.17, 15) is 14.7 Å². The lowest BCUT2D eigenvalue weighted by molar-refractivity contribution is 0.102. The minimum Gasteiger partial charge on any atom is -0.480 e. The first kappa shape index (κ1) is 27.7. The minimum atomic E-state index is -0.604. The molecule has 0 saturated carbocycles. The Balaban J connectivity index is 1.45. The number of likely N-dealkylation sites (tertiary alicyclic amines) is 1. The summed E-state index contributed by atoms with van der Waals surface area (Å²) in [5, 5.41) is 17.0. The highest BCUT2D eigenvalue weighted by Crippen LogP contribution is 2.41. The van der Waals surface area contributed by atoms with Crippen LogP contribution in [0.25, 0.3) is 22.4 Å². The van der Waals surface area contributed by atoms with Gasteiger partial charge in [-0.3, -0.25) is 19.5 Å². The van der Waals surface area contributed by atoms with E-state index in [0.29, 0.717) is 57.8 Å². The van der Waals surface area contributed by atoms with Gasteiger partial charge in [0.15, 0.2) is 0 Å². The van der Waals surface area contributed by atoms with Crippen LogP contribution in [-0.2, 0) is 13.6 Å². The summed E-state index contributed by atoms with van der Waals surface area (Å²) in [5.41, 5.74) is 2.75. The van der Waals surface area contributed by atoms with Crippen molar-refractivity contribution in [3.05, 3.63) is 86.5 Å². The standard InChI is InChI=1S/C28H26Cl2N6O4/c1-35-28(39)20(9-11-32-35)26(38)33-21-8-4-6-18(25(21)30)17-5-3-7-19(24(17)29)22-13-31-23(27(34-22)40-2)15-36-12-10-16(37)14-36/h3-9,11,13,16,37H,10,12,14-15H2,1-2H3,(H,33,38). The number of carbonyl (C=O) groups is 1. The number of aromatic nitrogens is 4. The molecular formula is C28H26Cl2N6O4. The van der Waals surface area contributed by atoms with Crippen molar-refractivity contribution in [1.29, 1.82) is 0 Å². The summed E-state index contributed by atoms with van der Waals surface area (Å²) < 4.78 is 6.61. The van der Waals surface area contributed by atoms with E-state index in [4.69, 9.17) is 27.9 Å². The van der Waals surface area contributed by atoms with Gasteiger partial charge in [-0.2, -0.15) is 5.10 Å². The maximum absolute atomic E-state index is 12.8. The monoisotopic (exact) mass is 580 g/mol. The Bertz CT molecular complexity index is 1640. The van der Waals surface area contributed by atoms with Gasteiger partial charge in [0, 0.05) is 49.6 Å². The fraction of sp³-hybridized carbons (Fsp3) is 0.250. The van der Waals surface area contributed by atoms with E-state index in [2.05, 4.69) is 25.3 Å². The lowest BCUT2D eigenvalue weighted by Crippen LogP contribution is -2.28. The molecule has 0 bridgehead atoms. The molecule has 2 N–H and O–H groups in total. The van der Waals surface area contributed by atoms with E-state index in [1.54, 1.807) is 24.4 Å². The van der Waals surface area contributed by atoms with Crippen molar-refractivity contribution in [1.82, 2.24) is 24.6 Å². The van der Waals surface area contributed by atoms with Gasteiger partial charge in [0.25, 0.3) is 11.5 Å². The summed E-state index contributed by atoms with van der Waals surface area (Å²) in [5.74, 6) is -0.224. The van der Waals surface area contributed by atoms with Crippen molar-refractivity contribution in [2.45, 2.75) is 19.1 Å². The second-order valence-corrected chi connectivity index (χ2v) is 10.1. The Morgan fingerprint density at radius 3 is 2.58 bits per heavy atom. The highest BCUT2D eigenvalue weighted by Gasteiger charge is 2.23. The Kier molecular flexibility index (Phi) is 8.13. The zero-order valence-electron chi connectivity index (χ0n) is 21.8. The number of hydrogen-bond acceptors (Lipinski definition) is 8. The topological polar surface area (TPSA) is 122 Å². The van der Waals surface area contributed by atoms with Crippen LogP contribution in [0.15, 0.2) is 59.7 Å². The molecule has 1 saturated heterocycles. The largest absolute Gasteiger partial charge is 0.480 e. The molecule has 40 heavy (non-hydrogen) atoms. The smallest absolute Gasteiger partial charge is 0.279 e. The number of rotatable bonds is 7. The molecule has 1 aliphatic heterocycles. The van der Waals surface area contributed by atoms with E-state index in [1.807, 2.05) is 18.2 Å². The first-order chi connectivity index (χ1) is 19.3. The van der Waals surface area contributed by atoms with Crippen LogP contribution in [0.4, 0.5) is 5.69 Å². The lowest BCUT2D eigenvalue weighted by atomic mass is 10.0. The number of ether oxygens (including phenoxy) is 1. The normalized spacial score (nSPS) is 15.3. The number of aryl methyl sites for hydroxylation is 1. The van der Waals surface area contributed by atoms with Crippen LogP contribution < -0.4 is 15.6 Å². The SMILES string of the molecule is COc1nc(-c2cccc(-c3cccc(NC(=O)c4ccnn(C)c4=O)c3Cl)c2Cl)cnc1CN1CCC(O)C1. The fourth-order valence-electron chi connectivity index (χ4n) is 4.61. The first-order valence-corrected chi connectivity index (χ1v) is 13.2. The molecule has 1 fully saturated rings. The number of benzene rings is 2. The minimum absolute atomic E-state index is 0.0594. The van der Waals surface area contributed by atoms with Crippen LogP contribution >= 0.6 is 23.2 Å². The number of hydrogen-bond donors (Lipinski definition) is 2. The number of anilines is 1. The molecule has 12 heteroatoms. The molecule has 2 aromatic carbocycles. The van der Waals surface area contributed by atoms with Crippen LogP contribution in [0, 0.1) is 0 Å². The van der Waals surface area contributed by atoms with Gasteiger partial charge in [-0.05, 0) is 18.6 Å². The van der Waals surface area contributed by atoms with Crippen LogP contribution in [0.1, 0.15) is 22.5 Å². The second kappa shape index (κ2) is 11.7. The Labute approximate surface area is 240 Å². The van der Waals surface area contributed by atoms with Gasteiger partial charge < -0.3 is 15.2 Å². The second-order valence-electron chi connectivity index (χ2n) is 9.35. The van der Waals surface area contributed by atoms with Crippen molar-refractivity contribution in [3.63, 3.8) is 0 Å². The molecule has 5 rings (SSSR count). The third-order valence-electron chi connectivity index (χ3n) is 6.69. The summed E-state index contributed by atoms with van der Waals surface area (Å²) in [6, 6.07) is 12.0. The van der Waals surface area contributed by atoms with Crippen LogP contribution in [0.5, 0.6) is 5.88 Å². The Morgan fingerprint density at radius 1 is 1.12 bits per heavy atom. The molecule has 0 spiro atoms. The fourth-order valence-corrected chi connectivity index (χ4v) is 5.21. The molecule has 0 radical (unpaired) electrons. The molecule has 2 aromatic heterocycles. The summed E-state index contributed by atoms with van der Waals surface area (Å²) in [6.45, 7) is 1.88. The highest BCUT2D eigenvalue weighted by atomic mass is 35.5. The van der Waals surface area contributed by atoms with E-state index in [-0.39, 0.29) is 16.7 Å². The first-order valence-electron chi connectivity index (χ1n) is 12.5. The molecule has 1 unspecified atom stereocenters. The average molecular weight is 581 g/mol. The molecule has 1 amide bonds. The number of halogens is 2. The van der Waals surface area contributed by atoms with E-state index in [0.717, 1.165) is 17.6 Å². The van der Waals surface area contributed by atoms with E-state index < -0.39 is 11.5 Å². The number of nitrogens with one attached hydrogen (secondary N) is 1. The maximum Gasteiger partial charge on any atom is 0.279 e. The van der Waals surface area contributed by atoms with Crippen LogP contribution in [0.3, 0.4) is 0 Å². The molecule has 10 nitrogen and oxygen atoms in total. The van der Waals surface area contributed by atoms with Crippen molar-refractivity contribution in [2.24, 2.45) is 7.05 Å². The van der Waals surface area contributed by atoms with Gasteiger partial charge in [-0.25, -0.2) is 9.67 Å². The lowest BCUT2D eigenvalue weighted by Gasteiger charge is -2.17. The zero-order chi connectivity index (χ0) is 28.4. The number of nitrogens with zero attached hydrogens (tertiary/aromatic N) is 5. The quantitative estimate of drug-likeness (QED) is 0.336. The molecular weight excluding hydrogens is 555 g/mol. The van der Waals surface area contributed by atoms with Crippen LogP contribution in [0.2, 0.25) is 10.0 Å². The number of amides is 1. The third kappa shape index (κ3) is 5.57. The predicted octanol–water partition coefficient (Wildman–Crippen LogP) is 4.04. The van der Waals surface area contributed by atoms with Crippen molar-refractivity contribution < 1.29 is 14.6 Å². The Hall–Kier alpha value is -3.83. The molecule has 0 aliphatic carbocycles. The van der Waals surface area contributed by atoms with E-state index in [1.165, 1.54) is 26.4 Å². The average Bonchev–Trinajstić information content (AvgIpc) is 3.36. The van der Waals surface area contributed by atoms with Crippen molar-refractivity contribution >= 4 is 34.8 Å². The zero-order valence-corrected chi connectivity index (χ0v) is 23.3. The molecule has 1 atom stereocenters. The van der Waals surface area contributed by atoms with Crippen molar-refractivity contribution in [3.8, 4) is 28.3 Å². The molecule has 206 valence electrons. The van der Waals surface area contributed by atoms with E-state index >= 15 is 0 Å². The van der Waals surface area contributed by atoms with Crippen molar-refractivity contribution in [2.75, 3.05) is 25.5 Å². The highest BCUT2D eigenvalue weighted by molar-refractivity contribution is 6.39. The van der Waals surface area contributed by atoms with Gasteiger partial charge in [-0.1, -0.05) is 53.5 Å². The number of aliphatic hydroxyl groups is 1.